The number of alkyl halides is 5. The number of para-hydroxylation sites is 1. The van der Waals surface area contributed by atoms with Crippen LogP contribution in [-0.2, 0) is 6.18 Å². The Balaban J connectivity index is 1.97. The second-order valence-electron chi connectivity index (χ2n) is 7.34. The summed E-state index contributed by atoms with van der Waals surface area (Å²) >= 11 is 0. The molecule has 12 heteroatoms. The molecule has 0 saturated heterocycles. The molecular weight excluding hydrogens is 478 g/mol. The first-order chi connectivity index (χ1) is 16.4. The number of halogens is 6. The summed E-state index contributed by atoms with van der Waals surface area (Å²) < 4.78 is 77.8. The maximum atomic E-state index is 13.8. The zero-order chi connectivity index (χ0) is 25.8. The molecule has 6 nitrogen and oxygen atoms in total. The van der Waals surface area contributed by atoms with Crippen LogP contribution in [0.2, 0.25) is 0 Å². The van der Waals surface area contributed by atoms with Gasteiger partial charge in [0.15, 0.2) is 5.82 Å². The molecule has 3 N–H and O–H groups in total. The van der Waals surface area contributed by atoms with E-state index in [9.17, 15) is 35.9 Å². The van der Waals surface area contributed by atoms with E-state index in [0.29, 0.717) is 17.8 Å². The first kappa shape index (κ1) is 25.5. The van der Waals surface area contributed by atoms with Crippen LogP contribution in [0.3, 0.4) is 0 Å². The Hall–Kier alpha value is -4.09. The standard InChI is InChI=1S/C23H18F6N4O2/c1-12-4-2-3-5-17(12)32-20-18(8-14(10-30-20)21(34)31-11-19(25)26)33-22(35)13-6-15(23(27,28)29)9-16(24)7-13/h2-10,19H,11H2,1H3,(H,30,32)(H,31,34)(H,33,35). The summed E-state index contributed by atoms with van der Waals surface area (Å²) in [6, 6.07) is 9.39. The number of anilines is 3. The zero-order valence-corrected chi connectivity index (χ0v) is 18.0. The third-order valence-electron chi connectivity index (χ3n) is 4.70. The van der Waals surface area contributed by atoms with Crippen LogP contribution in [0.4, 0.5) is 43.5 Å². The fourth-order valence-corrected chi connectivity index (χ4v) is 2.98. The molecule has 184 valence electrons. The molecule has 0 aliphatic carbocycles. The molecular formula is C23H18F6N4O2. The normalized spacial score (nSPS) is 11.3. The van der Waals surface area contributed by atoms with Crippen molar-refractivity contribution in [3.63, 3.8) is 0 Å². The Morgan fingerprint density at radius 1 is 0.971 bits per heavy atom. The Labute approximate surface area is 195 Å². The second kappa shape index (κ2) is 10.5. The predicted molar refractivity (Wildman–Crippen MR) is 116 cm³/mol. The van der Waals surface area contributed by atoms with Crippen molar-refractivity contribution in [2.75, 3.05) is 17.2 Å². The summed E-state index contributed by atoms with van der Waals surface area (Å²) in [4.78, 5) is 29.0. The number of amides is 2. The van der Waals surface area contributed by atoms with Gasteiger partial charge in [-0.3, -0.25) is 9.59 Å². The molecule has 35 heavy (non-hydrogen) atoms. The first-order valence-corrected chi connectivity index (χ1v) is 10.0. The van der Waals surface area contributed by atoms with Gasteiger partial charge in [-0.15, -0.1) is 0 Å². The summed E-state index contributed by atoms with van der Waals surface area (Å²) in [5, 5.41) is 7.22. The van der Waals surface area contributed by atoms with Gasteiger partial charge in [-0.1, -0.05) is 18.2 Å². The predicted octanol–water partition coefficient (Wildman–Crippen LogP) is 5.54. The topological polar surface area (TPSA) is 83.1 Å². The fourth-order valence-electron chi connectivity index (χ4n) is 2.98. The van der Waals surface area contributed by atoms with Crippen molar-refractivity contribution in [3.8, 4) is 0 Å². The van der Waals surface area contributed by atoms with Crippen molar-refractivity contribution in [1.82, 2.24) is 10.3 Å². The Kier molecular flexibility index (Phi) is 7.62. The van der Waals surface area contributed by atoms with E-state index >= 15 is 0 Å². The van der Waals surface area contributed by atoms with E-state index in [1.807, 2.05) is 5.32 Å². The minimum absolute atomic E-state index is 0.00510. The van der Waals surface area contributed by atoms with Crippen molar-refractivity contribution in [2.45, 2.75) is 19.5 Å². The Bertz CT molecular complexity index is 1250. The minimum atomic E-state index is -4.89. The highest BCUT2D eigenvalue weighted by Crippen LogP contribution is 2.31. The van der Waals surface area contributed by atoms with E-state index in [1.54, 1.807) is 31.2 Å². The van der Waals surface area contributed by atoms with Gasteiger partial charge in [0.1, 0.15) is 5.82 Å². The van der Waals surface area contributed by atoms with Crippen LogP contribution >= 0.6 is 0 Å². The molecule has 0 aliphatic rings. The molecule has 0 saturated carbocycles. The summed E-state index contributed by atoms with van der Waals surface area (Å²) in [5.74, 6) is -3.30. The van der Waals surface area contributed by atoms with Gasteiger partial charge in [0.2, 0.25) is 0 Å². The monoisotopic (exact) mass is 496 g/mol. The number of carbonyl (C=O) groups is 2. The van der Waals surface area contributed by atoms with E-state index in [4.69, 9.17) is 0 Å². The number of aryl methyl sites for hydroxylation is 1. The lowest BCUT2D eigenvalue weighted by Crippen LogP contribution is -2.28. The smallest absolute Gasteiger partial charge is 0.346 e. The van der Waals surface area contributed by atoms with Crippen molar-refractivity contribution in [1.29, 1.82) is 0 Å². The number of carbonyl (C=O) groups excluding carboxylic acids is 2. The SMILES string of the molecule is Cc1ccccc1Nc1ncc(C(=O)NCC(F)F)cc1NC(=O)c1cc(F)cc(C(F)(F)F)c1. The van der Waals surface area contributed by atoms with Crippen LogP contribution in [0.5, 0.6) is 0 Å². The van der Waals surface area contributed by atoms with E-state index in [-0.39, 0.29) is 23.1 Å². The lowest BCUT2D eigenvalue weighted by atomic mass is 10.1. The van der Waals surface area contributed by atoms with Crippen LogP contribution in [0.1, 0.15) is 31.8 Å². The first-order valence-electron chi connectivity index (χ1n) is 10.0. The highest BCUT2D eigenvalue weighted by Gasteiger charge is 2.32. The lowest BCUT2D eigenvalue weighted by Gasteiger charge is -2.16. The maximum Gasteiger partial charge on any atom is 0.416 e. The molecule has 0 atom stereocenters. The Morgan fingerprint density at radius 3 is 2.34 bits per heavy atom. The largest absolute Gasteiger partial charge is 0.416 e. The third-order valence-corrected chi connectivity index (χ3v) is 4.70. The molecule has 3 rings (SSSR count). The van der Waals surface area contributed by atoms with Gasteiger partial charge in [0.25, 0.3) is 18.2 Å². The van der Waals surface area contributed by atoms with Gasteiger partial charge < -0.3 is 16.0 Å². The van der Waals surface area contributed by atoms with Crippen molar-refractivity contribution in [2.24, 2.45) is 0 Å². The van der Waals surface area contributed by atoms with Crippen molar-refractivity contribution < 1.29 is 35.9 Å². The molecule has 1 heterocycles. The number of nitrogens with zero attached hydrogens (tertiary/aromatic N) is 1. The average Bonchev–Trinajstić information content (AvgIpc) is 2.79. The molecule has 2 amide bonds. The van der Waals surface area contributed by atoms with Gasteiger partial charge in [-0.05, 0) is 42.8 Å². The van der Waals surface area contributed by atoms with Crippen LogP contribution in [0, 0.1) is 12.7 Å². The van der Waals surface area contributed by atoms with Gasteiger partial charge in [0.05, 0.1) is 23.4 Å². The number of benzene rings is 2. The minimum Gasteiger partial charge on any atom is -0.346 e. The van der Waals surface area contributed by atoms with Gasteiger partial charge >= 0.3 is 6.18 Å². The van der Waals surface area contributed by atoms with E-state index in [0.717, 1.165) is 17.8 Å². The number of hydrogen-bond acceptors (Lipinski definition) is 4. The maximum absolute atomic E-state index is 13.8. The number of nitrogens with one attached hydrogen (secondary N) is 3. The van der Waals surface area contributed by atoms with Crippen LogP contribution in [-0.4, -0.2) is 29.8 Å². The van der Waals surface area contributed by atoms with Crippen LogP contribution in [0.15, 0.2) is 54.7 Å². The summed E-state index contributed by atoms with van der Waals surface area (Å²) in [6.07, 6.45) is -6.62. The lowest BCUT2D eigenvalue weighted by molar-refractivity contribution is -0.137. The van der Waals surface area contributed by atoms with Gasteiger partial charge in [-0.25, -0.2) is 18.2 Å². The number of rotatable bonds is 7. The van der Waals surface area contributed by atoms with Crippen molar-refractivity contribution in [3.05, 3.63) is 82.8 Å². The summed E-state index contributed by atoms with van der Waals surface area (Å²) in [7, 11) is 0. The van der Waals surface area contributed by atoms with Gasteiger partial charge in [-0.2, -0.15) is 13.2 Å². The number of aromatic nitrogens is 1. The zero-order valence-electron chi connectivity index (χ0n) is 18.0. The van der Waals surface area contributed by atoms with E-state index < -0.39 is 47.9 Å². The Morgan fingerprint density at radius 2 is 1.69 bits per heavy atom. The molecule has 3 aromatic rings. The molecule has 2 aromatic carbocycles. The average molecular weight is 496 g/mol. The highest BCUT2D eigenvalue weighted by molar-refractivity contribution is 6.07. The molecule has 0 radical (unpaired) electrons. The van der Waals surface area contributed by atoms with E-state index in [2.05, 4.69) is 15.6 Å². The number of pyridine rings is 1. The highest BCUT2D eigenvalue weighted by atomic mass is 19.4. The quantitative estimate of drug-likeness (QED) is 0.375. The molecule has 0 bridgehead atoms. The van der Waals surface area contributed by atoms with Crippen LogP contribution in [0.25, 0.3) is 0 Å². The molecule has 1 aromatic heterocycles. The summed E-state index contributed by atoms with van der Waals surface area (Å²) in [5.41, 5.74) is -1.00. The third kappa shape index (κ3) is 6.71. The molecule has 0 unspecified atom stereocenters. The van der Waals surface area contributed by atoms with Gasteiger partial charge in [0, 0.05) is 17.4 Å². The second-order valence-corrected chi connectivity index (χ2v) is 7.34. The molecule has 0 fully saturated rings. The van der Waals surface area contributed by atoms with Crippen molar-refractivity contribution >= 4 is 29.0 Å². The fraction of sp³-hybridized carbons (Fsp3) is 0.174. The molecule has 0 spiro atoms. The summed E-state index contributed by atoms with van der Waals surface area (Å²) in [6.45, 7) is 0.853. The van der Waals surface area contributed by atoms with E-state index in [1.165, 1.54) is 0 Å². The molecule has 0 aliphatic heterocycles. The van der Waals surface area contributed by atoms with Crippen LogP contribution < -0.4 is 16.0 Å². The number of hydrogen-bond donors (Lipinski definition) is 3.